The molecular formula is C16H16N2O2. The van der Waals surface area contributed by atoms with Gasteiger partial charge in [0.05, 0.1) is 20.4 Å². The van der Waals surface area contributed by atoms with Crippen molar-refractivity contribution < 1.29 is 9.47 Å². The molecule has 0 bridgehead atoms. The number of aryl methyl sites for hydroxylation is 1. The molecule has 0 saturated carbocycles. The minimum Gasteiger partial charge on any atom is -0.495 e. The van der Waals surface area contributed by atoms with Crippen LogP contribution < -0.4 is 9.47 Å². The molecule has 3 aromatic rings. The van der Waals surface area contributed by atoms with Crippen LogP contribution >= 0.6 is 0 Å². The molecule has 2 aromatic heterocycles. The van der Waals surface area contributed by atoms with Crippen LogP contribution in [0.2, 0.25) is 0 Å². The lowest BCUT2D eigenvalue weighted by atomic mass is 10.1. The highest BCUT2D eigenvalue weighted by Crippen LogP contribution is 2.31. The van der Waals surface area contributed by atoms with E-state index in [0.29, 0.717) is 5.88 Å². The first-order valence-corrected chi connectivity index (χ1v) is 6.40. The Hall–Kier alpha value is -2.49. The number of fused-ring (bicyclic) bond motifs is 1. The van der Waals surface area contributed by atoms with Gasteiger partial charge < -0.3 is 9.47 Å². The number of nitrogens with zero attached hydrogens (tertiary/aromatic N) is 2. The Morgan fingerprint density at radius 3 is 2.35 bits per heavy atom. The monoisotopic (exact) mass is 268 g/mol. The summed E-state index contributed by atoms with van der Waals surface area (Å²) in [6.45, 7) is 2.07. The fraction of sp³-hybridized carbons (Fsp3) is 0.188. The van der Waals surface area contributed by atoms with Gasteiger partial charge in [0.15, 0.2) is 0 Å². The van der Waals surface area contributed by atoms with Crippen molar-refractivity contribution in [3.05, 3.63) is 48.2 Å². The summed E-state index contributed by atoms with van der Waals surface area (Å²) in [5, 5.41) is 0. The highest BCUT2D eigenvalue weighted by atomic mass is 16.5. The third kappa shape index (κ3) is 1.99. The van der Waals surface area contributed by atoms with Gasteiger partial charge in [-0.2, -0.15) is 0 Å². The molecule has 0 saturated heterocycles. The largest absolute Gasteiger partial charge is 0.495 e. The van der Waals surface area contributed by atoms with E-state index in [1.807, 2.05) is 22.7 Å². The Labute approximate surface area is 117 Å². The van der Waals surface area contributed by atoms with Gasteiger partial charge in [0.1, 0.15) is 17.1 Å². The molecule has 0 N–H and O–H groups in total. The maximum Gasteiger partial charge on any atom is 0.226 e. The van der Waals surface area contributed by atoms with E-state index in [-0.39, 0.29) is 0 Å². The van der Waals surface area contributed by atoms with Gasteiger partial charge in [0.25, 0.3) is 0 Å². The van der Waals surface area contributed by atoms with Crippen LogP contribution in [0.1, 0.15) is 5.56 Å². The van der Waals surface area contributed by atoms with Crippen molar-refractivity contribution in [2.24, 2.45) is 0 Å². The topological polar surface area (TPSA) is 35.8 Å². The molecule has 0 amide bonds. The van der Waals surface area contributed by atoms with Gasteiger partial charge in [-0.05, 0) is 19.1 Å². The summed E-state index contributed by atoms with van der Waals surface area (Å²) in [7, 11) is 3.30. The third-order valence-corrected chi connectivity index (χ3v) is 3.30. The molecule has 20 heavy (non-hydrogen) atoms. The zero-order chi connectivity index (χ0) is 14.1. The molecule has 0 spiro atoms. The predicted molar refractivity (Wildman–Crippen MR) is 78.5 cm³/mol. The normalized spacial score (nSPS) is 10.8. The maximum atomic E-state index is 5.53. The van der Waals surface area contributed by atoms with Crippen molar-refractivity contribution in [3.8, 4) is 22.9 Å². The molecule has 0 aliphatic carbocycles. The number of imidazole rings is 1. The molecule has 0 aliphatic rings. The van der Waals surface area contributed by atoms with E-state index in [4.69, 9.17) is 9.47 Å². The highest BCUT2D eigenvalue weighted by molar-refractivity contribution is 5.70. The van der Waals surface area contributed by atoms with Crippen LogP contribution in [0.5, 0.6) is 11.6 Å². The molecule has 4 heteroatoms. The summed E-state index contributed by atoms with van der Waals surface area (Å²) in [6.07, 6.45) is 1.87. The molecule has 3 rings (SSSR count). The van der Waals surface area contributed by atoms with Gasteiger partial charge >= 0.3 is 0 Å². The Bertz CT molecular complexity index is 745. The van der Waals surface area contributed by atoms with Crippen molar-refractivity contribution >= 4 is 5.65 Å². The number of pyridine rings is 1. The SMILES string of the molecule is COc1ccc2nc(-c3ccc(C)cc3)c(OC)n2c1. The van der Waals surface area contributed by atoms with Crippen molar-refractivity contribution in [1.29, 1.82) is 0 Å². The Morgan fingerprint density at radius 2 is 1.70 bits per heavy atom. The van der Waals surface area contributed by atoms with Crippen LogP contribution in [-0.4, -0.2) is 23.6 Å². The standard InChI is InChI=1S/C16H16N2O2/c1-11-4-6-12(7-5-11)15-16(20-3)18-10-13(19-2)8-9-14(18)17-15/h4-10H,1-3H3. The number of rotatable bonds is 3. The number of aromatic nitrogens is 2. The van der Waals surface area contributed by atoms with E-state index < -0.39 is 0 Å². The van der Waals surface area contributed by atoms with Gasteiger partial charge in [-0.15, -0.1) is 0 Å². The predicted octanol–water partition coefficient (Wildman–Crippen LogP) is 3.33. The molecule has 0 radical (unpaired) electrons. The first-order valence-electron chi connectivity index (χ1n) is 6.40. The zero-order valence-corrected chi connectivity index (χ0v) is 11.8. The van der Waals surface area contributed by atoms with Crippen LogP contribution in [0.4, 0.5) is 0 Å². The number of ether oxygens (including phenoxy) is 2. The van der Waals surface area contributed by atoms with Gasteiger partial charge in [0, 0.05) is 5.56 Å². The highest BCUT2D eigenvalue weighted by Gasteiger charge is 2.15. The summed E-state index contributed by atoms with van der Waals surface area (Å²) < 4.78 is 12.7. The lowest BCUT2D eigenvalue weighted by Crippen LogP contribution is -1.93. The van der Waals surface area contributed by atoms with Crippen molar-refractivity contribution in [3.63, 3.8) is 0 Å². The smallest absolute Gasteiger partial charge is 0.226 e. The van der Waals surface area contributed by atoms with Crippen LogP contribution in [0, 0.1) is 6.92 Å². The molecule has 2 heterocycles. The lowest BCUT2D eigenvalue weighted by Gasteiger charge is -2.05. The summed E-state index contributed by atoms with van der Waals surface area (Å²) in [5.41, 5.74) is 3.92. The zero-order valence-electron chi connectivity index (χ0n) is 11.8. The molecule has 0 fully saturated rings. The van der Waals surface area contributed by atoms with E-state index in [0.717, 1.165) is 22.7 Å². The molecule has 0 aliphatic heterocycles. The molecule has 1 aromatic carbocycles. The first-order chi connectivity index (χ1) is 9.72. The number of methoxy groups -OCH3 is 2. The molecule has 0 unspecified atom stereocenters. The Kier molecular flexibility index (Phi) is 3.06. The maximum absolute atomic E-state index is 5.53. The average molecular weight is 268 g/mol. The van der Waals surface area contributed by atoms with Gasteiger partial charge in [-0.25, -0.2) is 4.98 Å². The van der Waals surface area contributed by atoms with Crippen LogP contribution in [0.3, 0.4) is 0 Å². The van der Waals surface area contributed by atoms with Crippen LogP contribution in [0.15, 0.2) is 42.6 Å². The fourth-order valence-electron chi connectivity index (χ4n) is 2.22. The fourth-order valence-corrected chi connectivity index (χ4v) is 2.22. The second-order valence-corrected chi connectivity index (χ2v) is 4.63. The van der Waals surface area contributed by atoms with Gasteiger partial charge in [-0.3, -0.25) is 4.40 Å². The summed E-state index contributed by atoms with van der Waals surface area (Å²) in [6, 6.07) is 12.0. The van der Waals surface area contributed by atoms with E-state index in [2.05, 4.69) is 36.2 Å². The van der Waals surface area contributed by atoms with Crippen molar-refractivity contribution in [2.75, 3.05) is 14.2 Å². The summed E-state index contributed by atoms with van der Waals surface area (Å²) in [5.74, 6) is 1.48. The number of hydrogen-bond donors (Lipinski definition) is 0. The quantitative estimate of drug-likeness (QED) is 0.731. The summed E-state index contributed by atoms with van der Waals surface area (Å²) >= 11 is 0. The number of benzene rings is 1. The van der Waals surface area contributed by atoms with E-state index in [1.54, 1.807) is 14.2 Å². The van der Waals surface area contributed by atoms with E-state index in [9.17, 15) is 0 Å². The average Bonchev–Trinajstić information content (AvgIpc) is 2.85. The van der Waals surface area contributed by atoms with Crippen molar-refractivity contribution in [1.82, 2.24) is 9.38 Å². The van der Waals surface area contributed by atoms with Crippen molar-refractivity contribution in [2.45, 2.75) is 6.92 Å². The lowest BCUT2D eigenvalue weighted by molar-refractivity contribution is 0.389. The van der Waals surface area contributed by atoms with Crippen LogP contribution in [0.25, 0.3) is 16.9 Å². The number of hydrogen-bond acceptors (Lipinski definition) is 3. The van der Waals surface area contributed by atoms with Gasteiger partial charge in [-0.1, -0.05) is 29.8 Å². The molecule has 0 atom stereocenters. The first kappa shape index (κ1) is 12.5. The van der Waals surface area contributed by atoms with Crippen LogP contribution in [-0.2, 0) is 0 Å². The minimum atomic E-state index is 0.711. The van der Waals surface area contributed by atoms with E-state index in [1.165, 1.54) is 5.56 Å². The van der Waals surface area contributed by atoms with E-state index >= 15 is 0 Å². The minimum absolute atomic E-state index is 0.711. The Morgan fingerprint density at radius 1 is 0.950 bits per heavy atom. The second kappa shape index (κ2) is 4.89. The Balaban J connectivity index is 2.22. The second-order valence-electron chi connectivity index (χ2n) is 4.63. The van der Waals surface area contributed by atoms with Gasteiger partial charge in [0.2, 0.25) is 5.88 Å². The molecule has 4 nitrogen and oxygen atoms in total. The third-order valence-electron chi connectivity index (χ3n) is 3.30. The molecule has 102 valence electrons. The summed E-state index contributed by atoms with van der Waals surface area (Å²) in [4.78, 5) is 4.64. The molecular weight excluding hydrogens is 252 g/mol.